The standard InChI is InChI=1S/C13H9Cl2N3O2/c14-9-2-1-8(11(15)5-9)7-17-13-6-10(18(19)20)3-4-12(13)16/h1-7H,16H2/b17-7+. The lowest BCUT2D eigenvalue weighted by atomic mass is 10.2. The molecule has 7 heteroatoms. The highest BCUT2D eigenvalue weighted by Crippen LogP contribution is 2.27. The number of rotatable bonds is 3. The van der Waals surface area contributed by atoms with Gasteiger partial charge in [0.1, 0.15) is 0 Å². The molecule has 0 heterocycles. The van der Waals surface area contributed by atoms with Crippen molar-refractivity contribution in [3.63, 3.8) is 0 Å². The zero-order valence-corrected chi connectivity index (χ0v) is 11.6. The Labute approximate surface area is 124 Å². The molecule has 0 aliphatic heterocycles. The van der Waals surface area contributed by atoms with E-state index in [1.807, 2.05) is 0 Å². The smallest absolute Gasteiger partial charge is 0.271 e. The third-order valence-electron chi connectivity index (χ3n) is 2.53. The van der Waals surface area contributed by atoms with E-state index in [0.717, 1.165) is 0 Å². The van der Waals surface area contributed by atoms with Gasteiger partial charge in [0.25, 0.3) is 5.69 Å². The fraction of sp³-hybridized carbons (Fsp3) is 0. The van der Waals surface area contributed by atoms with Crippen molar-refractivity contribution in [1.82, 2.24) is 0 Å². The van der Waals surface area contributed by atoms with Gasteiger partial charge in [0, 0.05) is 28.9 Å². The third-order valence-corrected chi connectivity index (χ3v) is 3.09. The van der Waals surface area contributed by atoms with Crippen molar-refractivity contribution in [2.75, 3.05) is 5.73 Å². The van der Waals surface area contributed by atoms with Crippen LogP contribution in [0.3, 0.4) is 0 Å². The van der Waals surface area contributed by atoms with E-state index in [4.69, 9.17) is 28.9 Å². The molecule has 2 aromatic rings. The Bertz CT molecular complexity index is 702. The first-order valence-electron chi connectivity index (χ1n) is 5.50. The van der Waals surface area contributed by atoms with Crippen LogP contribution in [0.25, 0.3) is 0 Å². The van der Waals surface area contributed by atoms with Gasteiger partial charge < -0.3 is 5.73 Å². The summed E-state index contributed by atoms with van der Waals surface area (Å²) in [5, 5.41) is 11.7. The maximum Gasteiger partial charge on any atom is 0.271 e. The number of nitrogens with zero attached hydrogens (tertiary/aromatic N) is 2. The zero-order valence-electron chi connectivity index (χ0n) is 10.1. The number of nitro groups is 1. The minimum atomic E-state index is -0.506. The van der Waals surface area contributed by atoms with Crippen molar-refractivity contribution in [2.24, 2.45) is 4.99 Å². The molecule has 102 valence electrons. The molecular formula is C13H9Cl2N3O2. The van der Waals surface area contributed by atoms with Crippen LogP contribution in [0.2, 0.25) is 10.0 Å². The maximum absolute atomic E-state index is 10.7. The molecule has 0 saturated heterocycles. The number of nitro benzene ring substituents is 1. The average Bonchev–Trinajstić information content (AvgIpc) is 2.39. The molecule has 5 nitrogen and oxygen atoms in total. The van der Waals surface area contributed by atoms with E-state index in [1.54, 1.807) is 18.2 Å². The SMILES string of the molecule is Nc1ccc([N+](=O)[O-])cc1/N=C/c1ccc(Cl)cc1Cl. The van der Waals surface area contributed by atoms with E-state index < -0.39 is 4.92 Å². The maximum atomic E-state index is 10.7. The predicted molar refractivity (Wildman–Crippen MR) is 81.2 cm³/mol. The van der Waals surface area contributed by atoms with Gasteiger partial charge in [0.2, 0.25) is 0 Å². The molecule has 2 N–H and O–H groups in total. The molecule has 0 aliphatic rings. The van der Waals surface area contributed by atoms with Gasteiger partial charge in [-0.25, -0.2) is 0 Å². The quantitative estimate of drug-likeness (QED) is 0.398. The summed E-state index contributed by atoms with van der Waals surface area (Å²) in [6.45, 7) is 0. The average molecular weight is 310 g/mol. The van der Waals surface area contributed by atoms with E-state index in [-0.39, 0.29) is 5.69 Å². The second-order valence-corrected chi connectivity index (χ2v) is 4.77. The highest BCUT2D eigenvalue weighted by molar-refractivity contribution is 6.36. The Balaban J connectivity index is 2.35. The number of non-ortho nitro benzene ring substituents is 1. The van der Waals surface area contributed by atoms with Crippen LogP contribution < -0.4 is 5.73 Å². The first-order chi connectivity index (χ1) is 9.47. The van der Waals surface area contributed by atoms with Gasteiger partial charge in [-0.1, -0.05) is 29.3 Å². The number of anilines is 1. The van der Waals surface area contributed by atoms with E-state index >= 15 is 0 Å². The van der Waals surface area contributed by atoms with Crippen LogP contribution in [-0.4, -0.2) is 11.1 Å². The fourth-order valence-corrected chi connectivity index (χ4v) is 1.96. The summed E-state index contributed by atoms with van der Waals surface area (Å²) < 4.78 is 0. The largest absolute Gasteiger partial charge is 0.397 e. The summed E-state index contributed by atoms with van der Waals surface area (Å²) in [4.78, 5) is 14.3. The summed E-state index contributed by atoms with van der Waals surface area (Å²) in [6, 6.07) is 9.02. The van der Waals surface area contributed by atoms with Crippen LogP contribution in [0.4, 0.5) is 17.1 Å². The normalized spacial score (nSPS) is 10.9. The molecule has 0 spiro atoms. The van der Waals surface area contributed by atoms with Gasteiger partial charge in [0.05, 0.1) is 21.3 Å². The van der Waals surface area contributed by atoms with Gasteiger partial charge in [-0.15, -0.1) is 0 Å². The van der Waals surface area contributed by atoms with Gasteiger partial charge in [-0.3, -0.25) is 15.1 Å². The van der Waals surface area contributed by atoms with Crippen molar-refractivity contribution in [2.45, 2.75) is 0 Å². The van der Waals surface area contributed by atoms with E-state index in [2.05, 4.69) is 4.99 Å². The minimum absolute atomic E-state index is 0.0754. The van der Waals surface area contributed by atoms with Crippen LogP contribution in [0.15, 0.2) is 41.4 Å². The lowest BCUT2D eigenvalue weighted by molar-refractivity contribution is -0.384. The molecule has 0 aromatic heterocycles. The Kier molecular flexibility index (Phi) is 4.22. The number of aliphatic imine (C=N–C) groups is 1. The summed E-state index contributed by atoms with van der Waals surface area (Å²) in [5.74, 6) is 0. The van der Waals surface area contributed by atoms with Crippen LogP contribution >= 0.6 is 23.2 Å². The Morgan fingerprint density at radius 1 is 1.20 bits per heavy atom. The summed E-state index contributed by atoms with van der Waals surface area (Å²) >= 11 is 11.8. The number of nitrogen functional groups attached to an aromatic ring is 1. The number of halogens is 2. The molecule has 0 aliphatic carbocycles. The van der Waals surface area contributed by atoms with Gasteiger partial charge in [-0.05, 0) is 18.2 Å². The molecule has 2 aromatic carbocycles. The lowest BCUT2D eigenvalue weighted by Crippen LogP contribution is -1.91. The van der Waals surface area contributed by atoms with Crippen molar-refractivity contribution in [3.8, 4) is 0 Å². The second kappa shape index (κ2) is 5.90. The molecule has 0 unspecified atom stereocenters. The Morgan fingerprint density at radius 3 is 2.60 bits per heavy atom. The fourth-order valence-electron chi connectivity index (χ4n) is 1.50. The number of hydrogen-bond acceptors (Lipinski definition) is 4. The molecule has 0 fully saturated rings. The van der Waals surface area contributed by atoms with Crippen molar-refractivity contribution >= 4 is 46.5 Å². The van der Waals surface area contributed by atoms with Crippen LogP contribution in [0.5, 0.6) is 0 Å². The van der Waals surface area contributed by atoms with Crippen LogP contribution in [-0.2, 0) is 0 Å². The number of hydrogen-bond donors (Lipinski definition) is 1. The van der Waals surface area contributed by atoms with E-state index in [1.165, 1.54) is 24.4 Å². The Hall–Kier alpha value is -2.11. The molecule has 2 rings (SSSR count). The molecular weight excluding hydrogens is 301 g/mol. The second-order valence-electron chi connectivity index (χ2n) is 3.92. The van der Waals surface area contributed by atoms with Crippen LogP contribution in [0, 0.1) is 10.1 Å². The molecule has 0 amide bonds. The summed E-state index contributed by atoms with van der Waals surface area (Å²) in [5.41, 5.74) is 6.95. The van der Waals surface area contributed by atoms with Gasteiger partial charge in [0.15, 0.2) is 0 Å². The summed E-state index contributed by atoms with van der Waals surface area (Å²) in [7, 11) is 0. The predicted octanol–water partition coefficient (Wildman–Crippen LogP) is 4.23. The molecule has 0 atom stereocenters. The van der Waals surface area contributed by atoms with E-state index in [9.17, 15) is 10.1 Å². The zero-order chi connectivity index (χ0) is 14.7. The first kappa shape index (κ1) is 14.3. The van der Waals surface area contributed by atoms with Crippen LogP contribution in [0.1, 0.15) is 5.56 Å². The topological polar surface area (TPSA) is 81.5 Å². The lowest BCUT2D eigenvalue weighted by Gasteiger charge is -2.01. The first-order valence-corrected chi connectivity index (χ1v) is 6.26. The molecule has 0 saturated carbocycles. The van der Waals surface area contributed by atoms with Crippen molar-refractivity contribution < 1.29 is 4.92 Å². The summed E-state index contributed by atoms with van der Waals surface area (Å²) in [6.07, 6.45) is 1.48. The highest BCUT2D eigenvalue weighted by atomic mass is 35.5. The van der Waals surface area contributed by atoms with Crippen molar-refractivity contribution in [1.29, 1.82) is 0 Å². The number of nitrogens with two attached hydrogens (primary N) is 1. The highest BCUT2D eigenvalue weighted by Gasteiger charge is 2.08. The Morgan fingerprint density at radius 2 is 1.95 bits per heavy atom. The molecule has 0 radical (unpaired) electrons. The van der Waals surface area contributed by atoms with Gasteiger partial charge in [-0.2, -0.15) is 0 Å². The molecule has 20 heavy (non-hydrogen) atoms. The van der Waals surface area contributed by atoms with Gasteiger partial charge >= 0.3 is 0 Å². The third kappa shape index (κ3) is 3.26. The molecule has 0 bridgehead atoms. The van der Waals surface area contributed by atoms with Crippen molar-refractivity contribution in [3.05, 3.63) is 62.1 Å². The minimum Gasteiger partial charge on any atom is -0.397 e. The van der Waals surface area contributed by atoms with E-state index in [0.29, 0.717) is 27.0 Å². The number of benzene rings is 2. The monoisotopic (exact) mass is 309 g/mol.